The first-order chi connectivity index (χ1) is 16.5. The number of hydrogen-bond donors (Lipinski definition) is 3. The molecule has 2 aromatic carbocycles. The van der Waals surface area contributed by atoms with E-state index >= 15 is 0 Å². The lowest BCUT2D eigenvalue weighted by Crippen LogP contribution is -2.50. The number of nitrogens with one attached hydrogen (secondary N) is 2. The Morgan fingerprint density at radius 2 is 1.65 bits per heavy atom. The molecule has 3 N–H and O–H groups in total. The Balaban J connectivity index is 1.07. The largest absolute Gasteiger partial charge is 0.481 e. The number of hydrogen-bond acceptors (Lipinski definition) is 4. The lowest BCUT2D eigenvalue weighted by Gasteiger charge is -2.40. The van der Waals surface area contributed by atoms with Gasteiger partial charge in [-0.25, -0.2) is 4.79 Å². The maximum Gasteiger partial charge on any atom is 0.407 e. The van der Waals surface area contributed by atoms with Crippen molar-refractivity contribution in [3.05, 3.63) is 59.7 Å². The first-order valence-electron chi connectivity index (χ1n) is 11.6. The van der Waals surface area contributed by atoms with E-state index in [9.17, 15) is 14.4 Å². The summed E-state index contributed by atoms with van der Waals surface area (Å²) in [6, 6.07) is 16.2. The maximum absolute atomic E-state index is 12.2. The lowest BCUT2D eigenvalue weighted by atomic mass is 9.71. The van der Waals surface area contributed by atoms with Crippen LogP contribution in [-0.2, 0) is 14.3 Å². The number of aliphatic carboxylic acids is 1. The summed E-state index contributed by atoms with van der Waals surface area (Å²) >= 11 is 0. The van der Waals surface area contributed by atoms with Crippen LogP contribution in [0.4, 0.5) is 4.79 Å². The van der Waals surface area contributed by atoms with Crippen LogP contribution in [0.2, 0.25) is 0 Å². The Hall–Kier alpha value is -3.79. The highest BCUT2D eigenvalue weighted by molar-refractivity contribution is 5.93. The molecule has 0 heterocycles. The number of carbonyl (C=O) groups excluding carboxylic acids is 2. The number of carboxylic acids is 1. The van der Waals surface area contributed by atoms with E-state index in [0.717, 1.165) is 28.7 Å². The van der Waals surface area contributed by atoms with E-state index < -0.39 is 18.0 Å². The molecule has 34 heavy (non-hydrogen) atoms. The molecular weight excluding hydrogens is 432 g/mol. The van der Waals surface area contributed by atoms with Gasteiger partial charge in [0.1, 0.15) is 6.61 Å². The Kier molecular flexibility index (Phi) is 5.97. The molecule has 7 nitrogen and oxygen atoms in total. The smallest absolute Gasteiger partial charge is 0.407 e. The van der Waals surface area contributed by atoms with E-state index in [1.165, 1.54) is 0 Å². The second-order valence-corrected chi connectivity index (χ2v) is 9.23. The number of carboxylic acid groups (broad SMARTS) is 1. The molecule has 4 atom stereocenters. The predicted octanol–water partition coefficient (Wildman–Crippen LogP) is 3.14. The minimum atomic E-state index is -0.751. The molecule has 2 fully saturated rings. The Bertz CT molecular complexity index is 1150. The summed E-state index contributed by atoms with van der Waals surface area (Å²) in [6.07, 6.45) is 1.54. The van der Waals surface area contributed by atoms with Gasteiger partial charge in [-0.1, -0.05) is 54.5 Å². The van der Waals surface area contributed by atoms with Crippen molar-refractivity contribution in [3.63, 3.8) is 0 Å². The van der Waals surface area contributed by atoms with Gasteiger partial charge in [-0.2, -0.15) is 0 Å². The number of benzene rings is 2. The summed E-state index contributed by atoms with van der Waals surface area (Å²) in [4.78, 5) is 35.4. The lowest BCUT2D eigenvalue weighted by molar-refractivity contribution is -0.141. The quantitative estimate of drug-likeness (QED) is 0.597. The molecule has 5 rings (SSSR count). The molecule has 2 saturated carbocycles. The highest BCUT2D eigenvalue weighted by Gasteiger charge is 2.49. The van der Waals surface area contributed by atoms with Gasteiger partial charge >= 0.3 is 12.1 Å². The van der Waals surface area contributed by atoms with Crippen LogP contribution in [0.1, 0.15) is 36.3 Å². The van der Waals surface area contributed by atoms with Crippen LogP contribution in [0.5, 0.6) is 0 Å². The van der Waals surface area contributed by atoms with Crippen LogP contribution in [0, 0.1) is 29.6 Å². The molecule has 2 amide bonds. The van der Waals surface area contributed by atoms with E-state index in [0.29, 0.717) is 18.8 Å². The summed E-state index contributed by atoms with van der Waals surface area (Å²) in [5.41, 5.74) is 4.61. The normalized spacial score (nSPS) is 23.9. The molecule has 0 aromatic heterocycles. The van der Waals surface area contributed by atoms with Crippen LogP contribution in [-0.4, -0.2) is 42.3 Å². The van der Waals surface area contributed by atoms with Gasteiger partial charge in [0.15, 0.2) is 0 Å². The standard InChI is InChI=1S/C27H26N2O5/c30-25(29-24-14-16-12-17(26(31)32)13-22(16)24)10-5-11-28-27(33)34-15-23-20-8-3-1-6-18(20)19-7-2-4-9-21(19)23/h1-4,6-9,16-17,22-24H,11-15H2,(H,28,33)(H,29,30)(H,31,32)/t16-,17?,22-,24+/m1/s1. The zero-order chi connectivity index (χ0) is 23.7. The van der Waals surface area contributed by atoms with Crippen molar-refractivity contribution < 1.29 is 24.2 Å². The molecule has 0 bridgehead atoms. The Morgan fingerprint density at radius 3 is 2.32 bits per heavy atom. The summed E-state index contributed by atoms with van der Waals surface area (Å²) in [5, 5.41) is 14.6. The fraction of sp³-hybridized carbons (Fsp3) is 0.370. The SMILES string of the molecule is O=C(C#CCNC(=O)OCC1c2ccccc2-c2ccccc21)N[C@H]1C[C@H]2CC(C(=O)O)C[C@H]21. The minimum absolute atomic E-state index is 0.00189. The van der Waals surface area contributed by atoms with E-state index in [1.807, 2.05) is 24.3 Å². The number of alkyl carbamates (subject to hydrolysis) is 1. The van der Waals surface area contributed by atoms with Crippen LogP contribution < -0.4 is 10.6 Å². The summed E-state index contributed by atoms with van der Waals surface area (Å²) in [7, 11) is 0. The molecule has 0 saturated heterocycles. The molecule has 1 unspecified atom stereocenters. The zero-order valence-electron chi connectivity index (χ0n) is 18.6. The maximum atomic E-state index is 12.2. The average molecular weight is 459 g/mol. The Labute approximate surface area is 197 Å². The van der Waals surface area contributed by atoms with Crippen molar-refractivity contribution in [2.45, 2.75) is 31.2 Å². The van der Waals surface area contributed by atoms with Crippen LogP contribution in [0.15, 0.2) is 48.5 Å². The van der Waals surface area contributed by atoms with Crippen LogP contribution >= 0.6 is 0 Å². The third-order valence-corrected chi connectivity index (χ3v) is 7.36. The van der Waals surface area contributed by atoms with Gasteiger partial charge in [0.25, 0.3) is 5.91 Å². The van der Waals surface area contributed by atoms with Crippen molar-refractivity contribution in [2.75, 3.05) is 13.2 Å². The summed E-state index contributed by atoms with van der Waals surface area (Å²) < 4.78 is 5.45. The number of fused-ring (bicyclic) bond motifs is 4. The van der Waals surface area contributed by atoms with Gasteiger partial charge in [0.2, 0.25) is 0 Å². The van der Waals surface area contributed by atoms with Crippen molar-refractivity contribution in [3.8, 4) is 23.0 Å². The van der Waals surface area contributed by atoms with Gasteiger partial charge < -0.3 is 20.5 Å². The van der Waals surface area contributed by atoms with Crippen molar-refractivity contribution in [1.82, 2.24) is 10.6 Å². The monoisotopic (exact) mass is 458 g/mol. The van der Waals surface area contributed by atoms with Gasteiger partial charge in [-0.05, 0) is 59.3 Å². The molecule has 3 aliphatic carbocycles. The third kappa shape index (κ3) is 4.24. The van der Waals surface area contributed by atoms with Crippen molar-refractivity contribution in [1.29, 1.82) is 0 Å². The second kappa shape index (κ2) is 9.22. The highest BCUT2D eigenvalue weighted by Crippen LogP contribution is 2.49. The number of rotatable bonds is 5. The van der Waals surface area contributed by atoms with E-state index in [2.05, 4.69) is 46.7 Å². The van der Waals surface area contributed by atoms with Gasteiger partial charge in [0.05, 0.1) is 12.5 Å². The zero-order valence-corrected chi connectivity index (χ0v) is 18.6. The number of carbonyl (C=O) groups is 3. The minimum Gasteiger partial charge on any atom is -0.481 e. The summed E-state index contributed by atoms with van der Waals surface area (Å²) in [6.45, 7) is 0.219. The summed E-state index contributed by atoms with van der Waals surface area (Å²) in [5.74, 6) is 4.27. The molecule has 7 heteroatoms. The van der Waals surface area contributed by atoms with Crippen molar-refractivity contribution in [2.24, 2.45) is 17.8 Å². The fourth-order valence-electron chi connectivity index (χ4n) is 5.69. The Morgan fingerprint density at radius 1 is 0.971 bits per heavy atom. The predicted molar refractivity (Wildman–Crippen MR) is 125 cm³/mol. The molecule has 0 aliphatic heterocycles. The van der Waals surface area contributed by atoms with Gasteiger partial charge in [-0.15, -0.1) is 0 Å². The van der Waals surface area contributed by atoms with E-state index in [4.69, 9.17) is 9.84 Å². The molecule has 2 aromatic rings. The van der Waals surface area contributed by atoms with Crippen LogP contribution in [0.3, 0.4) is 0 Å². The van der Waals surface area contributed by atoms with Crippen LogP contribution in [0.25, 0.3) is 11.1 Å². The molecule has 0 spiro atoms. The van der Waals surface area contributed by atoms with E-state index in [-0.39, 0.29) is 36.9 Å². The van der Waals surface area contributed by atoms with Crippen molar-refractivity contribution >= 4 is 18.0 Å². The molecule has 0 radical (unpaired) electrons. The topological polar surface area (TPSA) is 105 Å². The van der Waals surface area contributed by atoms with E-state index in [1.54, 1.807) is 0 Å². The third-order valence-electron chi connectivity index (χ3n) is 7.36. The van der Waals surface area contributed by atoms with Gasteiger partial charge in [0, 0.05) is 12.0 Å². The molecule has 3 aliphatic rings. The fourth-order valence-corrected chi connectivity index (χ4v) is 5.69. The first kappa shape index (κ1) is 22.0. The van der Waals surface area contributed by atoms with Gasteiger partial charge in [-0.3, -0.25) is 9.59 Å². The molecular formula is C27H26N2O5. The average Bonchev–Trinajstić information content (AvgIpc) is 3.34. The molecule has 174 valence electrons. The number of ether oxygens (including phenoxy) is 1. The highest BCUT2D eigenvalue weighted by atomic mass is 16.5. The second-order valence-electron chi connectivity index (χ2n) is 9.23. The first-order valence-corrected chi connectivity index (χ1v) is 11.6. The number of amides is 2.